The molecule has 0 saturated heterocycles. The Bertz CT molecular complexity index is 608. The van der Waals surface area contributed by atoms with E-state index < -0.39 is 5.92 Å². The van der Waals surface area contributed by atoms with E-state index in [9.17, 15) is 9.59 Å². The minimum absolute atomic E-state index is 0.0295. The highest BCUT2D eigenvalue weighted by molar-refractivity contribution is 6.09. The molecule has 7 nitrogen and oxygen atoms in total. The molecule has 0 fully saturated rings. The number of nitrogens with zero attached hydrogens (tertiary/aromatic N) is 2. The van der Waals surface area contributed by atoms with Crippen LogP contribution in [0, 0.1) is 5.92 Å². The standard InChI is InChI=1S/C15H18N4O3/c1-3-22-12-6-4-11(5-7-12)9-16-18-14(20)8-13-10(2)17-19-15(13)21/h4-7,9,13H,3,8H2,1-2H3,(H,18,20)(H,19,21)/b16-9+. The molecule has 1 unspecified atom stereocenters. The Hall–Kier alpha value is -2.70. The second kappa shape index (κ2) is 7.35. The molecule has 0 saturated carbocycles. The summed E-state index contributed by atoms with van der Waals surface area (Å²) in [6.07, 6.45) is 1.56. The Balaban J connectivity index is 1.82. The molecule has 0 aromatic heterocycles. The molecule has 1 aromatic carbocycles. The molecule has 0 radical (unpaired) electrons. The molecule has 1 aromatic rings. The second-order valence-corrected chi connectivity index (χ2v) is 4.78. The number of carbonyl (C=O) groups is 2. The summed E-state index contributed by atoms with van der Waals surface area (Å²) < 4.78 is 5.33. The lowest BCUT2D eigenvalue weighted by Crippen LogP contribution is -2.29. The number of hydrazone groups is 2. The third kappa shape index (κ3) is 4.15. The van der Waals surface area contributed by atoms with Crippen molar-refractivity contribution in [2.45, 2.75) is 20.3 Å². The van der Waals surface area contributed by atoms with Gasteiger partial charge in [-0.3, -0.25) is 9.59 Å². The van der Waals surface area contributed by atoms with Crippen LogP contribution in [0.1, 0.15) is 25.8 Å². The minimum Gasteiger partial charge on any atom is -0.494 e. The predicted octanol–water partition coefficient (Wildman–Crippen LogP) is 1.05. The van der Waals surface area contributed by atoms with Gasteiger partial charge in [-0.1, -0.05) is 0 Å². The quantitative estimate of drug-likeness (QED) is 0.607. The van der Waals surface area contributed by atoms with Gasteiger partial charge in [0.25, 0.3) is 0 Å². The fourth-order valence-electron chi connectivity index (χ4n) is 1.96. The van der Waals surface area contributed by atoms with Crippen LogP contribution in [-0.2, 0) is 9.59 Å². The highest BCUT2D eigenvalue weighted by Crippen LogP contribution is 2.12. The zero-order chi connectivity index (χ0) is 15.9. The third-order valence-corrected chi connectivity index (χ3v) is 3.15. The van der Waals surface area contributed by atoms with Gasteiger partial charge in [0, 0.05) is 12.1 Å². The van der Waals surface area contributed by atoms with E-state index in [1.807, 2.05) is 31.2 Å². The summed E-state index contributed by atoms with van der Waals surface area (Å²) in [5.41, 5.74) is 6.18. The number of hydrogen-bond acceptors (Lipinski definition) is 5. The van der Waals surface area contributed by atoms with E-state index in [2.05, 4.69) is 21.1 Å². The van der Waals surface area contributed by atoms with Crippen LogP contribution in [-0.4, -0.2) is 30.3 Å². The molecule has 2 N–H and O–H groups in total. The molecule has 116 valence electrons. The van der Waals surface area contributed by atoms with Crippen LogP contribution in [0.5, 0.6) is 5.75 Å². The maximum absolute atomic E-state index is 11.7. The molecule has 1 aliphatic heterocycles. The predicted molar refractivity (Wildman–Crippen MR) is 82.7 cm³/mol. The molecule has 1 heterocycles. The summed E-state index contributed by atoms with van der Waals surface area (Å²) in [7, 11) is 0. The van der Waals surface area contributed by atoms with Gasteiger partial charge in [-0.05, 0) is 43.7 Å². The molecule has 0 bridgehead atoms. The van der Waals surface area contributed by atoms with Crippen molar-refractivity contribution in [3.63, 3.8) is 0 Å². The lowest BCUT2D eigenvalue weighted by atomic mass is 10.0. The van der Waals surface area contributed by atoms with Gasteiger partial charge < -0.3 is 4.74 Å². The molecule has 2 amide bonds. The number of nitrogens with one attached hydrogen (secondary N) is 2. The van der Waals surface area contributed by atoms with E-state index in [0.717, 1.165) is 11.3 Å². The van der Waals surface area contributed by atoms with Crippen LogP contribution in [0.4, 0.5) is 0 Å². The van der Waals surface area contributed by atoms with Gasteiger partial charge in [0.2, 0.25) is 11.8 Å². The lowest BCUT2D eigenvalue weighted by Gasteiger charge is -2.05. The van der Waals surface area contributed by atoms with Gasteiger partial charge >= 0.3 is 0 Å². The number of hydrogen-bond donors (Lipinski definition) is 2. The molecule has 0 aliphatic carbocycles. The van der Waals surface area contributed by atoms with Gasteiger partial charge in [-0.2, -0.15) is 10.2 Å². The number of amides is 2. The van der Waals surface area contributed by atoms with Crippen LogP contribution in [0.25, 0.3) is 0 Å². The van der Waals surface area contributed by atoms with Gasteiger partial charge in [0.1, 0.15) is 5.75 Å². The molecule has 22 heavy (non-hydrogen) atoms. The summed E-state index contributed by atoms with van der Waals surface area (Å²) in [5.74, 6) is -0.326. The average Bonchev–Trinajstić information content (AvgIpc) is 2.81. The van der Waals surface area contributed by atoms with Crippen molar-refractivity contribution >= 4 is 23.7 Å². The first-order chi connectivity index (χ1) is 10.6. The topological polar surface area (TPSA) is 92.1 Å². The lowest BCUT2D eigenvalue weighted by molar-refractivity contribution is -0.127. The normalized spacial score (nSPS) is 17.3. The first-order valence-corrected chi connectivity index (χ1v) is 6.99. The molecule has 1 aliphatic rings. The highest BCUT2D eigenvalue weighted by atomic mass is 16.5. The minimum atomic E-state index is -0.513. The van der Waals surface area contributed by atoms with E-state index in [-0.39, 0.29) is 18.2 Å². The first-order valence-electron chi connectivity index (χ1n) is 6.99. The molecule has 1 atom stereocenters. The Kier molecular flexibility index (Phi) is 5.24. The number of benzene rings is 1. The number of rotatable bonds is 6. The Morgan fingerprint density at radius 2 is 2.18 bits per heavy atom. The fraction of sp³-hybridized carbons (Fsp3) is 0.333. The molecular weight excluding hydrogens is 284 g/mol. The first kappa shape index (κ1) is 15.7. The zero-order valence-corrected chi connectivity index (χ0v) is 12.5. The summed E-state index contributed by atoms with van der Waals surface area (Å²) in [4.78, 5) is 23.2. The van der Waals surface area contributed by atoms with Crippen molar-refractivity contribution in [1.29, 1.82) is 0 Å². The third-order valence-electron chi connectivity index (χ3n) is 3.15. The number of ether oxygens (including phenoxy) is 1. The molecular formula is C15H18N4O3. The van der Waals surface area contributed by atoms with E-state index in [0.29, 0.717) is 12.3 Å². The largest absolute Gasteiger partial charge is 0.494 e. The van der Waals surface area contributed by atoms with Crippen molar-refractivity contribution in [3.05, 3.63) is 29.8 Å². The van der Waals surface area contributed by atoms with E-state index in [1.54, 1.807) is 6.92 Å². The van der Waals surface area contributed by atoms with Crippen molar-refractivity contribution in [3.8, 4) is 5.75 Å². The summed E-state index contributed by atoms with van der Waals surface area (Å²) in [6, 6.07) is 7.33. The van der Waals surface area contributed by atoms with Crippen LogP contribution < -0.4 is 15.6 Å². The van der Waals surface area contributed by atoms with E-state index in [4.69, 9.17) is 4.74 Å². The van der Waals surface area contributed by atoms with Crippen LogP contribution >= 0.6 is 0 Å². The van der Waals surface area contributed by atoms with Crippen LogP contribution in [0.15, 0.2) is 34.5 Å². The van der Waals surface area contributed by atoms with Crippen LogP contribution in [0.3, 0.4) is 0 Å². The molecule has 0 spiro atoms. The summed E-state index contributed by atoms with van der Waals surface area (Å²) in [5, 5.41) is 7.66. The van der Waals surface area contributed by atoms with Crippen molar-refractivity contribution in [2.24, 2.45) is 16.1 Å². The summed E-state index contributed by atoms with van der Waals surface area (Å²) >= 11 is 0. The van der Waals surface area contributed by atoms with E-state index in [1.165, 1.54) is 6.21 Å². The average molecular weight is 302 g/mol. The van der Waals surface area contributed by atoms with Crippen molar-refractivity contribution in [1.82, 2.24) is 10.9 Å². The summed E-state index contributed by atoms with van der Waals surface area (Å²) in [6.45, 7) is 4.24. The van der Waals surface area contributed by atoms with Gasteiger partial charge in [-0.15, -0.1) is 0 Å². The SMILES string of the molecule is CCOc1ccc(/C=N/NC(=O)CC2C(=O)NN=C2C)cc1. The Morgan fingerprint density at radius 3 is 2.77 bits per heavy atom. The van der Waals surface area contributed by atoms with Crippen molar-refractivity contribution < 1.29 is 14.3 Å². The van der Waals surface area contributed by atoms with E-state index >= 15 is 0 Å². The van der Waals surface area contributed by atoms with Crippen LogP contribution in [0.2, 0.25) is 0 Å². The highest BCUT2D eigenvalue weighted by Gasteiger charge is 2.28. The molecule has 7 heteroatoms. The molecule has 2 rings (SSSR count). The fourth-order valence-corrected chi connectivity index (χ4v) is 1.96. The van der Waals surface area contributed by atoms with Gasteiger partial charge in [-0.25, -0.2) is 10.9 Å². The Morgan fingerprint density at radius 1 is 1.45 bits per heavy atom. The Labute approximate surface area is 128 Å². The smallest absolute Gasteiger partial charge is 0.249 e. The van der Waals surface area contributed by atoms with Gasteiger partial charge in [0.05, 0.1) is 18.7 Å². The van der Waals surface area contributed by atoms with Gasteiger partial charge in [0.15, 0.2) is 0 Å². The maximum Gasteiger partial charge on any atom is 0.249 e. The second-order valence-electron chi connectivity index (χ2n) is 4.78. The monoisotopic (exact) mass is 302 g/mol. The number of carbonyl (C=O) groups excluding carboxylic acids is 2. The van der Waals surface area contributed by atoms with Crippen molar-refractivity contribution in [2.75, 3.05) is 6.61 Å². The zero-order valence-electron chi connectivity index (χ0n) is 12.5. The maximum atomic E-state index is 11.7.